The van der Waals surface area contributed by atoms with Crippen LogP contribution in [-0.2, 0) is 48.2 Å². The molecule has 0 radical (unpaired) electrons. The Morgan fingerprint density at radius 2 is 1.23 bits per heavy atom. The van der Waals surface area contributed by atoms with Gasteiger partial charge in [-0.3, -0.25) is 23.6 Å². The summed E-state index contributed by atoms with van der Waals surface area (Å²) in [6.45, 7) is 7.63. The van der Waals surface area contributed by atoms with Gasteiger partial charge in [0.15, 0.2) is 5.03 Å². The Labute approximate surface area is 446 Å². The Morgan fingerprint density at radius 3 is 1.73 bits per heavy atom. The van der Waals surface area contributed by atoms with Crippen molar-refractivity contribution >= 4 is 61.0 Å². The molecule has 4 amide bonds. The quantitative estimate of drug-likeness (QED) is 0.0669. The van der Waals surface area contributed by atoms with Gasteiger partial charge < -0.3 is 35.4 Å². The number of nitrogens with two attached hydrogens (primary N) is 1. The second-order valence-electron chi connectivity index (χ2n) is 18.8. The van der Waals surface area contributed by atoms with Gasteiger partial charge in [-0.15, -0.1) is 0 Å². The van der Waals surface area contributed by atoms with Crippen molar-refractivity contribution in [1.82, 2.24) is 48.4 Å². The van der Waals surface area contributed by atoms with E-state index in [1.54, 1.807) is 57.4 Å². The first-order valence-electron chi connectivity index (χ1n) is 23.4. The molecule has 0 spiro atoms. The zero-order valence-corrected chi connectivity index (χ0v) is 46.7. The molecular weight excluding hydrogens is 1040 g/mol. The van der Waals surface area contributed by atoms with Crippen molar-refractivity contribution in [3.8, 4) is 22.3 Å². The predicted molar refractivity (Wildman–Crippen MR) is 285 cm³/mol. The molecule has 4 N–H and O–H groups in total. The molecule has 7 aromatic rings. The highest BCUT2D eigenvalue weighted by molar-refractivity contribution is 7.90. The summed E-state index contributed by atoms with van der Waals surface area (Å²) in [5.74, 6) is -1.56. The molecule has 5 aromatic heterocycles. The molecule has 0 atom stereocenters. The van der Waals surface area contributed by atoms with Crippen molar-refractivity contribution in [2.75, 3.05) is 58.2 Å². The minimum Gasteiger partial charge on any atom is -0.806 e. The fourth-order valence-corrected chi connectivity index (χ4v) is 9.26. The number of nitrogens with one attached hydrogen (secondary N) is 2. The number of pyridine rings is 1. The first-order chi connectivity index (χ1) is 35.8. The Hall–Kier alpha value is -8.46. The number of carbonyl (C=O) groups is 3. The molecule has 27 heteroatoms. The van der Waals surface area contributed by atoms with Crippen molar-refractivity contribution in [3.05, 3.63) is 126 Å². The van der Waals surface area contributed by atoms with Gasteiger partial charge in [-0.1, -0.05) is 27.7 Å². The van der Waals surface area contributed by atoms with Crippen molar-refractivity contribution in [3.63, 3.8) is 0 Å². The monoisotopic (exact) mass is 1100 g/mol. The van der Waals surface area contributed by atoms with E-state index in [0.29, 0.717) is 27.9 Å². The van der Waals surface area contributed by atoms with E-state index in [9.17, 15) is 45.1 Å². The maximum atomic E-state index is 14.4. The third kappa shape index (κ3) is 14.5. The maximum absolute atomic E-state index is 14.4. The van der Waals surface area contributed by atoms with Crippen LogP contribution in [0.4, 0.5) is 30.6 Å². The van der Waals surface area contributed by atoms with Gasteiger partial charge in [0.05, 0.1) is 30.5 Å². The molecule has 5 heterocycles. The zero-order chi connectivity index (χ0) is 57.6. The van der Waals surface area contributed by atoms with Crippen LogP contribution >= 0.6 is 0 Å². The van der Waals surface area contributed by atoms with Crippen LogP contribution in [0.1, 0.15) is 71.6 Å². The lowest BCUT2D eigenvalue weighted by Gasteiger charge is -2.18. The fraction of sp³-hybridized carbons (Fsp3) is 0.320. The molecule has 412 valence electrons. The van der Waals surface area contributed by atoms with Crippen LogP contribution < -0.4 is 30.3 Å². The molecule has 0 fully saturated rings. The largest absolute Gasteiger partial charge is 0.806 e. The Morgan fingerprint density at radius 1 is 0.727 bits per heavy atom. The summed E-state index contributed by atoms with van der Waals surface area (Å²) in [7, 11) is 7.68. The van der Waals surface area contributed by atoms with Crippen LogP contribution in [0.2, 0.25) is 0 Å². The molecule has 0 aliphatic rings. The maximum Gasteiger partial charge on any atom is 0.370 e. The average molecular weight is 1100 g/mol. The van der Waals surface area contributed by atoms with Gasteiger partial charge in [-0.05, 0) is 53.3 Å². The molecule has 2 aromatic carbocycles. The van der Waals surface area contributed by atoms with Gasteiger partial charge in [0.2, 0.25) is 0 Å². The van der Waals surface area contributed by atoms with Crippen LogP contribution in [0.15, 0.2) is 106 Å². The van der Waals surface area contributed by atoms with Crippen LogP contribution in [0.5, 0.6) is 0 Å². The van der Waals surface area contributed by atoms with Crippen LogP contribution in [-0.4, -0.2) is 127 Å². The molecule has 0 aliphatic carbocycles. The lowest BCUT2D eigenvalue weighted by atomic mass is 9.95. The molecule has 0 bridgehead atoms. The molecule has 0 aliphatic heterocycles. The Kier molecular flexibility index (Phi) is 18.5. The minimum atomic E-state index is -4.41. The smallest absolute Gasteiger partial charge is 0.370 e. The summed E-state index contributed by atoms with van der Waals surface area (Å²) in [5.41, 5.74) is 11.8. The van der Waals surface area contributed by atoms with Gasteiger partial charge in [-0.25, -0.2) is 22.9 Å². The summed E-state index contributed by atoms with van der Waals surface area (Å²) in [4.78, 5) is 41.2. The standard InChI is InChI=1S/C21H26FN7O4S.C16H21N5O4S.C13H16FN3/c1-12(2)15-7-14(22)8-16(13-10-23-28(5)11-13)19(15)24-21(31)26-34(32,33)18-9-17(29(6)25-18)20(30)27(3)4;1-18(2)12-6-8-21(9-7-12)16(23)17-26(24,25)13-10-14(20(5)11-13)15(22)19(3)4;1-8(2)11-4-10(14)5-12(13(11)15)9-6-16-17(3)7-9/h7-12H,1-6H3,(H2,24,26,31);6-11H,1-5H3;4-8H,15H2,1-3H3. The highest BCUT2D eigenvalue weighted by Gasteiger charge is 2.28. The number of halogens is 2. The summed E-state index contributed by atoms with van der Waals surface area (Å²) >= 11 is 0. The molecule has 0 unspecified atom stereocenters. The molecule has 0 saturated carbocycles. The number of hydrogen-bond donors (Lipinski definition) is 3. The zero-order valence-electron chi connectivity index (χ0n) is 45.1. The fourth-order valence-electron chi connectivity index (χ4n) is 7.41. The first-order valence-corrected chi connectivity index (χ1v) is 26.3. The Balaban J connectivity index is 0.000000225. The van der Waals surface area contributed by atoms with Gasteiger partial charge in [0, 0.05) is 145 Å². The summed E-state index contributed by atoms with van der Waals surface area (Å²) in [6, 6.07) is 9.08. The van der Waals surface area contributed by atoms with Gasteiger partial charge in [-0.2, -0.15) is 32.1 Å². The number of benzene rings is 2. The van der Waals surface area contributed by atoms with E-state index in [1.165, 1.54) is 95.3 Å². The van der Waals surface area contributed by atoms with Crippen LogP contribution in [0.3, 0.4) is 0 Å². The topological polar surface area (TPSA) is 277 Å². The molecule has 0 saturated heterocycles. The van der Waals surface area contributed by atoms with Gasteiger partial charge in [0.1, 0.15) is 27.9 Å². The number of nitrogen functional groups attached to an aromatic ring is 1. The highest BCUT2D eigenvalue weighted by atomic mass is 32.2. The normalized spacial score (nSPS) is 11.6. The van der Waals surface area contributed by atoms with E-state index in [-0.39, 0.29) is 45.5 Å². The SMILES string of the molecule is CC(C)c1cc(F)cc(-c2cnn(C)c2)c1N.CC(C)c1cc(F)cc(-c2cnn(C)c2)c1NC(=O)NS(=O)(=O)c1cc(C(=O)N(C)C)n(C)n1.CN(C)C(=O)c1cc(S(=O)(=O)N=C([O-])[n+]2ccc(N(C)C)cc2)cn1C. The van der Waals surface area contributed by atoms with Crippen molar-refractivity contribution < 1.29 is 49.7 Å². The van der Waals surface area contributed by atoms with Crippen molar-refractivity contribution in [2.24, 2.45) is 32.6 Å². The van der Waals surface area contributed by atoms with Gasteiger partial charge >= 0.3 is 16.1 Å². The molecule has 23 nitrogen and oxygen atoms in total. The van der Waals surface area contributed by atoms with E-state index in [4.69, 9.17) is 5.73 Å². The second kappa shape index (κ2) is 24.0. The predicted octanol–water partition coefficient (Wildman–Crippen LogP) is 4.26. The van der Waals surface area contributed by atoms with E-state index in [0.717, 1.165) is 32.1 Å². The number of urea groups is 1. The number of hydrogen-bond acceptors (Lipinski definition) is 13. The summed E-state index contributed by atoms with van der Waals surface area (Å²) in [5, 5.41) is 26.2. The van der Waals surface area contributed by atoms with Crippen LogP contribution in [0.25, 0.3) is 22.3 Å². The van der Waals surface area contributed by atoms with E-state index >= 15 is 0 Å². The van der Waals surface area contributed by atoms with Crippen molar-refractivity contribution in [2.45, 2.75) is 49.5 Å². The molecule has 7 rings (SSSR count). The molecule has 77 heavy (non-hydrogen) atoms. The lowest BCUT2D eigenvalue weighted by molar-refractivity contribution is -0.613. The first kappa shape index (κ1) is 59.4. The third-order valence-electron chi connectivity index (χ3n) is 11.5. The number of carbonyl (C=O) groups excluding carboxylic acids is 3. The second-order valence-corrected chi connectivity index (χ2v) is 22.1. The van der Waals surface area contributed by atoms with E-state index in [2.05, 4.69) is 25.0 Å². The molecular formula is C50H63F2N15O8S2. The number of nitrogens with zero attached hydrogens (tertiary/aromatic N) is 12. The number of amides is 4. The number of rotatable bonds is 12. The lowest BCUT2D eigenvalue weighted by Crippen LogP contribution is -2.50. The minimum absolute atomic E-state index is 0.0327. The van der Waals surface area contributed by atoms with Crippen LogP contribution in [0, 0.1) is 11.6 Å². The van der Waals surface area contributed by atoms with E-state index in [1.807, 2.05) is 64.7 Å². The average Bonchev–Trinajstić information content (AvgIpc) is 4.17. The number of anilines is 3. The summed E-state index contributed by atoms with van der Waals surface area (Å²) in [6.07, 6.45) is 10.8. The van der Waals surface area contributed by atoms with Gasteiger partial charge in [0.25, 0.3) is 27.9 Å². The van der Waals surface area contributed by atoms with E-state index < -0.39 is 48.8 Å². The summed E-state index contributed by atoms with van der Waals surface area (Å²) < 4.78 is 90.3. The number of aryl methyl sites for hydroxylation is 4. The van der Waals surface area contributed by atoms with Crippen molar-refractivity contribution in [1.29, 1.82) is 0 Å². The Bertz CT molecular complexity index is 3560. The number of aromatic nitrogens is 8. The highest BCUT2D eigenvalue weighted by Crippen LogP contribution is 2.36. The number of sulfonamides is 2. The third-order valence-corrected chi connectivity index (χ3v) is 13.9.